The lowest BCUT2D eigenvalue weighted by Crippen LogP contribution is -2.45. The highest BCUT2D eigenvalue weighted by Crippen LogP contribution is 2.43. The van der Waals surface area contributed by atoms with Gasteiger partial charge >= 0.3 is 0 Å². The van der Waals surface area contributed by atoms with Crippen molar-refractivity contribution in [3.8, 4) is 0 Å². The Bertz CT molecular complexity index is 813. The van der Waals surface area contributed by atoms with Crippen LogP contribution in [-0.4, -0.2) is 29.6 Å². The summed E-state index contributed by atoms with van der Waals surface area (Å²) in [6.45, 7) is 5.50. The summed E-state index contributed by atoms with van der Waals surface area (Å²) in [6, 6.07) is 15.1. The zero-order chi connectivity index (χ0) is 18.6. The van der Waals surface area contributed by atoms with E-state index in [1.807, 2.05) is 6.07 Å². The van der Waals surface area contributed by atoms with Gasteiger partial charge in [-0.2, -0.15) is 0 Å². The molecule has 1 atom stereocenters. The van der Waals surface area contributed by atoms with Crippen LogP contribution in [0.3, 0.4) is 0 Å². The van der Waals surface area contributed by atoms with E-state index in [1.54, 1.807) is 12.1 Å². The summed E-state index contributed by atoms with van der Waals surface area (Å²) in [7, 11) is 0. The molecule has 0 radical (unpaired) electrons. The first-order valence-electron chi connectivity index (χ1n) is 9.07. The summed E-state index contributed by atoms with van der Waals surface area (Å²) in [5.74, 6) is -0.253. The van der Waals surface area contributed by atoms with Gasteiger partial charge in [-0.25, -0.2) is 0 Å². The highest BCUT2D eigenvalue weighted by molar-refractivity contribution is 5.92. The smallest absolute Gasteiger partial charge is 0.267 e. The van der Waals surface area contributed by atoms with Crippen molar-refractivity contribution >= 4 is 5.91 Å². The van der Waals surface area contributed by atoms with Gasteiger partial charge in [-0.15, -0.1) is 0 Å². The van der Waals surface area contributed by atoms with Crippen LogP contribution in [0.4, 0.5) is 0 Å². The number of ether oxygens (including phenoxy) is 1. The normalized spacial score (nSPS) is 21.9. The first kappa shape index (κ1) is 18.4. The first-order chi connectivity index (χ1) is 12.4. The summed E-state index contributed by atoms with van der Waals surface area (Å²) in [4.78, 5) is 26.2. The number of hydrogen-bond acceptors (Lipinski definition) is 3. The maximum Gasteiger partial charge on any atom is 0.267 e. The van der Waals surface area contributed by atoms with Gasteiger partial charge in [0.2, 0.25) is 5.56 Å². The van der Waals surface area contributed by atoms with E-state index in [-0.39, 0.29) is 22.5 Å². The molecule has 0 aliphatic carbocycles. The van der Waals surface area contributed by atoms with Gasteiger partial charge in [0, 0.05) is 24.6 Å². The van der Waals surface area contributed by atoms with Crippen LogP contribution in [0.15, 0.2) is 53.3 Å². The molecule has 1 aliphatic heterocycles. The Hall–Kier alpha value is -2.40. The summed E-state index contributed by atoms with van der Waals surface area (Å²) in [5, 5.41) is 2.95. The standard InChI is InChI=1S/C21H26N2O3/c1-20(2)15-21(12-14-26-20,16-7-4-3-5-8-16)11-13-22-19(25)17-9-6-10-18(24)23-17/h3-10H,11-15H2,1-2H3,(H,22,25)(H,23,24)/t21-/m0/s1. The number of rotatable bonds is 5. The predicted octanol–water partition coefficient (Wildman–Crippen LogP) is 3.02. The SMILES string of the molecule is CC1(C)C[C@@](CCNC(=O)c2cccc(=O)[nH]2)(c2ccccc2)CCO1. The molecule has 138 valence electrons. The molecule has 2 heterocycles. The van der Waals surface area contributed by atoms with Gasteiger partial charge in [0.25, 0.3) is 5.91 Å². The van der Waals surface area contributed by atoms with Crippen LogP contribution in [0.25, 0.3) is 0 Å². The molecule has 26 heavy (non-hydrogen) atoms. The molecule has 1 aromatic heterocycles. The van der Waals surface area contributed by atoms with Gasteiger partial charge < -0.3 is 15.0 Å². The largest absolute Gasteiger partial charge is 0.376 e. The average Bonchev–Trinajstić information content (AvgIpc) is 2.61. The van der Waals surface area contributed by atoms with Crippen molar-refractivity contribution in [2.75, 3.05) is 13.2 Å². The number of benzene rings is 1. The van der Waals surface area contributed by atoms with Crippen molar-refractivity contribution in [3.05, 3.63) is 70.1 Å². The fraction of sp³-hybridized carbons (Fsp3) is 0.429. The zero-order valence-corrected chi connectivity index (χ0v) is 15.4. The van der Waals surface area contributed by atoms with Crippen LogP contribution in [0.1, 0.15) is 49.2 Å². The van der Waals surface area contributed by atoms with Crippen LogP contribution < -0.4 is 10.9 Å². The van der Waals surface area contributed by atoms with E-state index in [0.717, 1.165) is 19.3 Å². The van der Waals surface area contributed by atoms with E-state index in [0.29, 0.717) is 18.8 Å². The van der Waals surface area contributed by atoms with Gasteiger partial charge in [-0.3, -0.25) is 9.59 Å². The van der Waals surface area contributed by atoms with Crippen molar-refractivity contribution < 1.29 is 9.53 Å². The zero-order valence-electron chi connectivity index (χ0n) is 15.4. The molecule has 0 bridgehead atoms. The first-order valence-corrected chi connectivity index (χ1v) is 9.07. The monoisotopic (exact) mass is 354 g/mol. The Kier molecular flexibility index (Phi) is 5.28. The second-order valence-electron chi connectivity index (χ2n) is 7.62. The van der Waals surface area contributed by atoms with E-state index in [2.05, 4.69) is 48.4 Å². The summed E-state index contributed by atoms with van der Waals surface area (Å²) < 4.78 is 5.92. The lowest BCUT2D eigenvalue weighted by atomic mass is 9.67. The fourth-order valence-corrected chi connectivity index (χ4v) is 3.96. The van der Waals surface area contributed by atoms with Crippen LogP contribution >= 0.6 is 0 Å². The third-order valence-corrected chi connectivity index (χ3v) is 5.13. The number of H-pyrrole nitrogens is 1. The van der Waals surface area contributed by atoms with E-state index in [9.17, 15) is 9.59 Å². The number of carbonyl (C=O) groups is 1. The average molecular weight is 354 g/mol. The Morgan fingerprint density at radius 3 is 2.62 bits per heavy atom. The van der Waals surface area contributed by atoms with Crippen LogP contribution in [0.5, 0.6) is 0 Å². The van der Waals surface area contributed by atoms with Gasteiger partial charge in [-0.05, 0) is 44.7 Å². The van der Waals surface area contributed by atoms with Crippen molar-refractivity contribution in [3.63, 3.8) is 0 Å². The van der Waals surface area contributed by atoms with E-state index in [1.165, 1.54) is 11.6 Å². The number of pyridine rings is 1. The Balaban J connectivity index is 1.73. The summed E-state index contributed by atoms with van der Waals surface area (Å²) >= 11 is 0. The second-order valence-corrected chi connectivity index (χ2v) is 7.62. The number of aromatic amines is 1. The van der Waals surface area contributed by atoms with E-state index < -0.39 is 0 Å². The van der Waals surface area contributed by atoms with E-state index >= 15 is 0 Å². The molecule has 3 rings (SSSR count). The van der Waals surface area contributed by atoms with Crippen molar-refractivity contribution in [2.24, 2.45) is 0 Å². The third kappa shape index (κ3) is 4.22. The molecular weight excluding hydrogens is 328 g/mol. The van der Waals surface area contributed by atoms with Crippen LogP contribution in [0, 0.1) is 0 Å². The lowest BCUT2D eigenvalue weighted by molar-refractivity contribution is -0.0838. The van der Waals surface area contributed by atoms with E-state index in [4.69, 9.17) is 4.74 Å². The topological polar surface area (TPSA) is 71.2 Å². The third-order valence-electron chi connectivity index (χ3n) is 5.13. The highest BCUT2D eigenvalue weighted by Gasteiger charge is 2.41. The molecule has 5 nitrogen and oxygen atoms in total. The summed E-state index contributed by atoms with van der Waals surface area (Å²) in [5.41, 5.74) is 1.09. The minimum atomic E-state index is -0.274. The molecule has 1 amide bonds. The highest BCUT2D eigenvalue weighted by atomic mass is 16.5. The van der Waals surface area contributed by atoms with Crippen molar-refractivity contribution in [1.82, 2.24) is 10.3 Å². The van der Waals surface area contributed by atoms with Gasteiger partial charge in [0.15, 0.2) is 0 Å². The summed E-state index contributed by atoms with van der Waals surface area (Å²) in [6.07, 6.45) is 2.66. The second kappa shape index (κ2) is 7.46. The molecule has 1 saturated heterocycles. The molecule has 0 spiro atoms. The van der Waals surface area contributed by atoms with Gasteiger partial charge in [0.1, 0.15) is 5.69 Å². The molecule has 0 saturated carbocycles. The Labute approximate surface area is 153 Å². The number of aromatic nitrogens is 1. The number of carbonyl (C=O) groups excluding carboxylic acids is 1. The molecule has 1 aliphatic rings. The fourth-order valence-electron chi connectivity index (χ4n) is 3.96. The van der Waals surface area contributed by atoms with Gasteiger partial charge in [-0.1, -0.05) is 36.4 Å². The number of nitrogens with one attached hydrogen (secondary N) is 2. The van der Waals surface area contributed by atoms with Crippen LogP contribution in [-0.2, 0) is 10.2 Å². The predicted molar refractivity (Wildman–Crippen MR) is 101 cm³/mol. The minimum Gasteiger partial charge on any atom is -0.376 e. The molecule has 1 fully saturated rings. The molecule has 1 aromatic carbocycles. The Morgan fingerprint density at radius 2 is 1.92 bits per heavy atom. The Morgan fingerprint density at radius 1 is 1.15 bits per heavy atom. The molecular formula is C21H26N2O3. The van der Waals surface area contributed by atoms with Crippen molar-refractivity contribution in [2.45, 2.75) is 44.1 Å². The van der Waals surface area contributed by atoms with Crippen LogP contribution in [0.2, 0.25) is 0 Å². The van der Waals surface area contributed by atoms with Crippen molar-refractivity contribution in [1.29, 1.82) is 0 Å². The maximum atomic E-state index is 12.3. The number of hydrogen-bond donors (Lipinski definition) is 2. The molecule has 0 unspecified atom stereocenters. The molecule has 2 N–H and O–H groups in total. The van der Waals surface area contributed by atoms with Gasteiger partial charge in [0.05, 0.1) is 5.60 Å². The molecule has 2 aromatic rings. The quantitative estimate of drug-likeness (QED) is 0.867. The minimum absolute atomic E-state index is 0.0274. The maximum absolute atomic E-state index is 12.3. The number of amides is 1. The molecule has 5 heteroatoms. The lowest BCUT2D eigenvalue weighted by Gasteiger charge is -2.45.